The van der Waals surface area contributed by atoms with E-state index >= 15 is 0 Å². The zero-order chi connectivity index (χ0) is 14.9. The van der Waals surface area contributed by atoms with Crippen molar-refractivity contribution in [1.82, 2.24) is 15.5 Å². The normalized spacial score (nSPS) is 21.7. The minimum Gasteiger partial charge on any atom is -0.496 e. The summed E-state index contributed by atoms with van der Waals surface area (Å²) in [6.07, 6.45) is 3.12. The van der Waals surface area contributed by atoms with Crippen molar-refractivity contribution in [3.63, 3.8) is 0 Å². The zero-order valence-corrected chi connectivity index (χ0v) is 12.8. The number of ether oxygens (including phenoxy) is 1. The highest BCUT2D eigenvalue weighted by molar-refractivity contribution is 5.64. The molecule has 0 spiro atoms. The Kier molecular flexibility index (Phi) is 3.68. The molecule has 1 unspecified atom stereocenters. The molecule has 5 nitrogen and oxygen atoms in total. The van der Waals surface area contributed by atoms with Crippen molar-refractivity contribution in [3.8, 4) is 17.1 Å². The highest BCUT2D eigenvalue weighted by Gasteiger charge is 2.39. The van der Waals surface area contributed by atoms with E-state index < -0.39 is 0 Å². The van der Waals surface area contributed by atoms with Crippen molar-refractivity contribution in [2.45, 2.75) is 38.6 Å². The number of aromatic nitrogens is 2. The maximum absolute atomic E-state index is 5.55. The van der Waals surface area contributed by atoms with Crippen LogP contribution in [0.1, 0.15) is 37.6 Å². The first-order chi connectivity index (χ1) is 10.2. The summed E-state index contributed by atoms with van der Waals surface area (Å²) in [6.45, 7) is 5.18. The monoisotopic (exact) mass is 287 g/mol. The highest BCUT2D eigenvalue weighted by atomic mass is 16.5. The van der Waals surface area contributed by atoms with E-state index in [0.717, 1.165) is 42.7 Å². The molecule has 1 aromatic carbocycles. The minimum absolute atomic E-state index is 0.164. The minimum atomic E-state index is -0.164. The Labute approximate surface area is 124 Å². The number of hydrogen-bond acceptors (Lipinski definition) is 5. The van der Waals surface area contributed by atoms with Crippen LogP contribution in [-0.4, -0.2) is 23.8 Å². The maximum atomic E-state index is 5.55. The second kappa shape index (κ2) is 5.48. The molecule has 0 amide bonds. The van der Waals surface area contributed by atoms with Gasteiger partial charge in [0, 0.05) is 0 Å². The van der Waals surface area contributed by atoms with E-state index in [9.17, 15) is 0 Å². The first-order valence-corrected chi connectivity index (χ1v) is 7.43. The van der Waals surface area contributed by atoms with Crippen LogP contribution < -0.4 is 10.1 Å². The summed E-state index contributed by atoms with van der Waals surface area (Å²) >= 11 is 0. The molecule has 1 aromatic heterocycles. The first kappa shape index (κ1) is 14.1. The van der Waals surface area contributed by atoms with Crippen LogP contribution in [0.3, 0.4) is 0 Å². The van der Waals surface area contributed by atoms with Crippen LogP contribution in [0, 0.1) is 6.92 Å². The van der Waals surface area contributed by atoms with Crippen molar-refractivity contribution >= 4 is 0 Å². The molecule has 1 atom stereocenters. The largest absolute Gasteiger partial charge is 0.496 e. The lowest BCUT2D eigenvalue weighted by molar-refractivity contribution is 0.250. The van der Waals surface area contributed by atoms with E-state index in [-0.39, 0.29) is 5.54 Å². The van der Waals surface area contributed by atoms with Crippen molar-refractivity contribution in [2.75, 3.05) is 13.7 Å². The molecule has 0 bridgehead atoms. The second-order valence-electron chi connectivity index (χ2n) is 5.59. The number of nitrogens with one attached hydrogen (secondary N) is 1. The standard InChI is InChI=1S/C16H21N3O2/c1-4-16(8-5-9-17-16)15-18-14(19-21-15)12-7-6-11(2)10-13(12)20-3/h6-7,10,17H,4-5,8-9H2,1-3H3. The summed E-state index contributed by atoms with van der Waals surface area (Å²) in [5, 5.41) is 7.67. The Morgan fingerprint density at radius 1 is 1.43 bits per heavy atom. The van der Waals surface area contributed by atoms with Gasteiger partial charge in [-0.15, -0.1) is 0 Å². The third-order valence-corrected chi connectivity index (χ3v) is 4.28. The smallest absolute Gasteiger partial charge is 0.247 e. The first-order valence-electron chi connectivity index (χ1n) is 7.43. The lowest BCUT2D eigenvalue weighted by Crippen LogP contribution is -2.36. The van der Waals surface area contributed by atoms with Crippen molar-refractivity contribution in [1.29, 1.82) is 0 Å². The predicted molar refractivity (Wildman–Crippen MR) is 80.2 cm³/mol. The quantitative estimate of drug-likeness (QED) is 0.936. The second-order valence-corrected chi connectivity index (χ2v) is 5.59. The average molecular weight is 287 g/mol. The fraction of sp³-hybridized carbons (Fsp3) is 0.500. The van der Waals surface area contributed by atoms with E-state index in [1.165, 1.54) is 0 Å². The summed E-state index contributed by atoms with van der Waals surface area (Å²) < 4.78 is 11.0. The van der Waals surface area contributed by atoms with Gasteiger partial charge in [0.2, 0.25) is 11.7 Å². The van der Waals surface area contributed by atoms with Crippen LogP contribution in [0.25, 0.3) is 11.4 Å². The van der Waals surface area contributed by atoms with Crippen LogP contribution in [0.2, 0.25) is 0 Å². The van der Waals surface area contributed by atoms with Gasteiger partial charge >= 0.3 is 0 Å². The Hall–Kier alpha value is -1.88. The Balaban J connectivity index is 1.99. The van der Waals surface area contributed by atoms with Gasteiger partial charge in [-0.25, -0.2) is 0 Å². The van der Waals surface area contributed by atoms with Crippen LogP contribution in [-0.2, 0) is 5.54 Å². The van der Waals surface area contributed by atoms with Gasteiger partial charge in [0.05, 0.1) is 18.2 Å². The van der Waals surface area contributed by atoms with Crippen molar-refractivity contribution in [3.05, 3.63) is 29.7 Å². The number of rotatable bonds is 4. The molecule has 2 heterocycles. The summed E-state index contributed by atoms with van der Waals surface area (Å²) in [4.78, 5) is 4.62. The van der Waals surface area contributed by atoms with Gasteiger partial charge < -0.3 is 14.6 Å². The Morgan fingerprint density at radius 2 is 2.29 bits per heavy atom. The molecule has 1 aliphatic rings. The van der Waals surface area contributed by atoms with E-state index in [1.54, 1.807) is 7.11 Å². The summed E-state index contributed by atoms with van der Waals surface area (Å²) in [7, 11) is 1.66. The molecule has 112 valence electrons. The third kappa shape index (κ3) is 2.42. The summed E-state index contributed by atoms with van der Waals surface area (Å²) in [6, 6.07) is 5.98. The highest BCUT2D eigenvalue weighted by Crippen LogP contribution is 2.35. The number of hydrogen-bond donors (Lipinski definition) is 1. The molecular weight excluding hydrogens is 266 g/mol. The summed E-state index contributed by atoms with van der Waals surface area (Å²) in [5.74, 6) is 2.04. The fourth-order valence-electron chi connectivity index (χ4n) is 2.95. The molecule has 0 radical (unpaired) electrons. The van der Waals surface area contributed by atoms with Crippen LogP contribution in [0.15, 0.2) is 22.7 Å². The SMILES string of the molecule is CCC1(c2nc(-c3ccc(C)cc3OC)no2)CCCN1. The molecule has 0 saturated carbocycles. The molecule has 1 saturated heterocycles. The number of methoxy groups -OCH3 is 1. The van der Waals surface area contributed by atoms with Gasteiger partial charge in [-0.1, -0.05) is 18.1 Å². The van der Waals surface area contributed by atoms with E-state index in [4.69, 9.17) is 9.26 Å². The topological polar surface area (TPSA) is 60.2 Å². The van der Waals surface area contributed by atoms with Gasteiger partial charge in [-0.2, -0.15) is 4.98 Å². The van der Waals surface area contributed by atoms with Gasteiger partial charge in [0.1, 0.15) is 5.75 Å². The van der Waals surface area contributed by atoms with Crippen LogP contribution in [0.4, 0.5) is 0 Å². The van der Waals surface area contributed by atoms with Gasteiger partial charge in [-0.05, 0) is 50.4 Å². The van der Waals surface area contributed by atoms with Gasteiger partial charge in [0.15, 0.2) is 0 Å². The molecule has 21 heavy (non-hydrogen) atoms. The van der Waals surface area contributed by atoms with Gasteiger partial charge in [-0.3, -0.25) is 0 Å². The molecule has 1 aliphatic heterocycles. The predicted octanol–water partition coefficient (Wildman–Crippen LogP) is 3.04. The molecule has 2 aromatic rings. The lowest BCUT2D eigenvalue weighted by atomic mass is 9.94. The summed E-state index contributed by atoms with van der Waals surface area (Å²) in [5.41, 5.74) is 1.84. The molecule has 1 N–H and O–H groups in total. The fourth-order valence-corrected chi connectivity index (χ4v) is 2.95. The number of nitrogens with zero attached hydrogens (tertiary/aromatic N) is 2. The van der Waals surface area contributed by atoms with E-state index in [0.29, 0.717) is 11.7 Å². The third-order valence-electron chi connectivity index (χ3n) is 4.28. The zero-order valence-electron chi connectivity index (χ0n) is 12.8. The van der Waals surface area contributed by atoms with Crippen molar-refractivity contribution in [2.24, 2.45) is 0 Å². The van der Waals surface area contributed by atoms with Gasteiger partial charge in [0.25, 0.3) is 0 Å². The Morgan fingerprint density at radius 3 is 2.95 bits per heavy atom. The maximum Gasteiger partial charge on any atom is 0.247 e. The Bertz CT molecular complexity index is 630. The van der Waals surface area contributed by atoms with E-state index in [1.807, 2.05) is 25.1 Å². The number of aryl methyl sites for hydroxylation is 1. The van der Waals surface area contributed by atoms with E-state index in [2.05, 4.69) is 22.4 Å². The lowest BCUT2D eigenvalue weighted by Gasteiger charge is -2.22. The molecular formula is C16H21N3O2. The number of benzene rings is 1. The van der Waals surface area contributed by atoms with Crippen LogP contribution in [0.5, 0.6) is 5.75 Å². The average Bonchev–Trinajstić information content (AvgIpc) is 3.16. The molecule has 5 heteroatoms. The molecule has 1 fully saturated rings. The molecule has 3 rings (SSSR count). The van der Waals surface area contributed by atoms with Crippen molar-refractivity contribution < 1.29 is 9.26 Å². The van der Waals surface area contributed by atoms with Crippen LogP contribution >= 0.6 is 0 Å². The molecule has 0 aliphatic carbocycles.